The molecule has 9 heteroatoms. The maximum Gasteiger partial charge on any atom is 0.242 e. The van der Waals surface area contributed by atoms with Crippen molar-refractivity contribution in [2.75, 3.05) is 46.1 Å². The minimum Gasteiger partial charge on any atom is -0.398 e. The van der Waals surface area contributed by atoms with E-state index in [9.17, 15) is 12.8 Å². The van der Waals surface area contributed by atoms with E-state index in [0.29, 0.717) is 19.7 Å². The number of halogens is 2. The molecular weight excluding hydrogens is 365 g/mol. The highest BCUT2D eigenvalue weighted by molar-refractivity contribution is 9.10. The van der Waals surface area contributed by atoms with Gasteiger partial charge in [0.25, 0.3) is 0 Å². The van der Waals surface area contributed by atoms with Crippen LogP contribution in [0.4, 0.5) is 10.1 Å². The Hall–Kier alpha value is -0.740. The molecule has 0 saturated heterocycles. The van der Waals surface area contributed by atoms with Crippen LogP contribution in [0.1, 0.15) is 0 Å². The largest absolute Gasteiger partial charge is 0.398 e. The van der Waals surface area contributed by atoms with Crippen molar-refractivity contribution in [3.8, 4) is 0 Å². The molecule has 6 nitrogen and oxygen atoms in total. The fourth-order valence-electron chi connectivity index (χ4n) is 1.58. The second-order valence-electron chi connectivity index (χ2n) is 4.50. The topological polar surface area (TPSA) is 84.7 Å². The summed E-state index contributed by atoms with van der Waals surface area (Å²) >= 11 is 2.95. The third kappa shape index (κ3) is 5.51. The Bertz CT molecular complexity index is 583. The predicted molar refractivity (Wildman–Crippen MR) is 83.1 cm³/mol. The van der Waals surface area contributed by atoms with E-state index in [1.807, 2.05) is 11.9 Å². The van der Waals surface area contributed by atoms with Gasteiger partial charge in [0, 0.05) is 26.7 Å². The highest BCUT2D eigenvalue weighted by atomic mass is 79.9. The first-order valence-electron chi connectivity index (χ1n) is 6.19. The van der Waals surface area contributed by atoms with Crippen molar-refractivity contribution >= 4 is 31.6 Å². The Morgan fingerprint density at radius 3 is 2.71 bits per heavy atom. The van der Waals surface area contributed by atoms with Gasteiger partial charge >= 0.3 is 0 Å². The molecule has 0 spiro atoms. The number of nitrogens with one attached hydrogen (secondary N) is 1. The minimum atomic E-state index is -3.78. The first-order chi connectivity index (χ1) is 9.77. The van der Waals surface area contributed by atoms with Gasteiger partial charge in [0.2, 0.25) is 10.0 Å². The molecule has 0 heterocycles. The summed E-state index contributed by atoms with van der Waals surface area (Å²) < 4.78 is 45.0. The van der Waals surface area contributed by atoms with Crippen LogP contribution < -0.4 is 10.5 Å². The van der Waals surface area contributed by atoms with Crippen LogP contribution in [-0.2, 0) is 14.8 Å². The maximum atomic E-state index is 13.3. The number of nitrogens with zero attached hydrogens (tertiary/aromatic N) is 1. The number of rotatable bonds is 8. The SMILES string of the molecule is COCCN(C)CCNS(=O)(=O)c1cc(Br)c(F)cc1N. The van der Waals surface area contributed by atoms with Gasteiger partial charge in [0.1, 0.15) is 10.7 Å². The molecule has 0 bridgehead atoms. The van der Waals surface area contributed by atoms with Gasteiger partial charge in [0.05, 0.1) is 16.8 Å². The van der Waals surface area contributed by atoms with E-state index in [1.54, 1.807) is 7.11 Å². The smallest absolute Gasteiger partial charge is 0.242 e. The molecule has 0 aromatic heterocycles. The Morgan fingerprint density at radius 2 is 2.10 bits per heavy atom. The van der Waals surface area contributed by atoms with Gasteiger partial charge in [-0.1, -0.05) is 0 Å². The van der Waals surface area contributed by atoms with Crippen LogP contribution in [0.3, 0.4) is 0 Å². The van der Waals surface area contributed by atoms with E-state index in [2.05, 4.69) is 20.7 Å². The number of ether oxygens (including phenoxy) is 1. The van der Waals surface area contributed by atoms with Crippen molar-refractivity contribution in [2.24, 2.45) is 0 Å². The molecule has 0 unspecified atom stereocenters. The number of likely N-dealkylation sites (N-methyl/N-ethyl adjacent to an activating group) is 1. The number of hydrogen-bond donors (Lipinski definition) is 2. The third-order valence-electron chi connectivity index (χ3n) is 2.80. The van der Waals surface area contributed by atoms with Crippen molar-refractivity contribution in [1.29, 1.82) is 0 Å². The highest BCUT2D eigenvalue weighted by Crippen LogP contribution is 2.25. The number of sulfonamides is 1. The van der Waals surface area contributed by atoms with E-state index in [0.717, 1.165) is 12.1 Å². The fourth-order valence-corrected chi connectivity index (χ4v) is 3.24. The molecule has 1 aromatic rings. The Morgan fingerprint density at radius 1 is 1.43 bits per heavy atom. The molecule has 1 aromatic carbocycles. The minimum absolute atomic E-state index is 0.0503. The van der Waals surface area contributed by atoms with E-state index in [4.69, 9.17) is 10.5 Å². The predicted octanol–water partition coefficient (Wildman–Crippen LogP) is 1.03. The average Bonchev–Trinajstić information content (AvgIpc) is 2.40. The molecule has 0 aliphatic rings. The zero-order valence-electron chi connectivity index (χ0n) is 11.9. The van der Waals surface area contributed by atoms with Crippen LogP contribution in [0.2, 0.25) is 0 Å². The molecule has 1 rings (SSSR count). The lowest BCUT2D eigenvalue weighted by Crippen LogP contribution is -2.34. The van der Waals surface area contributed by atoms with Crippen LogP contribution in [0.15, 0.2) is 21.5 Å². The quantitative estimate of drug-likeness (QED) is 0.654. The number of nitrogens with two attached hydrogens (primary N) is 1. The Labute approximate surface area is 132 Å². The number of hydrogen-bond acceptors (Lipinski definition) is 5. The van der Waals surface area contributed by atoms with Gasteiger partial charge in [-0.2, -0.15) is 0 Å². The van der Waals surface area contributed by atoms with Crippen molar-refractivity contribution in [1.82, 2.24) is 9.62 Å². The first-order valence-corrected chi connectivity index (χ1v) is 8.47. The molecule has 120 valence electrons. The first kappa shape index (κ1) is 18.3. The Balaban J connectivity index is 2.68. The number of nitrogen functional groups attached to an aromatic ring is 1. The van der Waals surface area contributed by atoms with Crippen LogP contribution in [0, 0.1) is 5.82 Å². The van der Waals surface area contributed by atoms with Gasteiger partial charge in [-0.3, -0.25) is 0 Å². The Kier molecular flexibility index (Phi) is 7.01. The number of anilines is 1. The average molecular weight is 384 g/mol. The standard InChI is InChI=1S/C12H19BrFN3O3S/c1-17(5-6-20-2)4-3-16-21(18,19)12-7-9(13)10(14)8-11(12)15/h7-8,16H,3-6,15H2,1-2H3. The summed E-state index contributed by atoms with van der Waals surface area (Å²) in [4.78, 5) is 1.78. The lowest BCUT2D eigenvalue weighted by Gasteiger charge is -2.16. The monoisotopic (exact) mass is 383 g/mol. The summed E-state index contributed by atoms with van der Waals surface area (Å²) in [6.45, 7) is 2.01. The molecular formula is C12H19BrFN3O3S. The molecule has 0 aliphatic carbocycles. The summed E-state index contributed by atoms with van der Waals surface area (Å²) in [5, 5.41) is 0. The van der Waals surface area contributed by atoms with Crippen LogP contribution in [0.25, 0.3) is 0 Å². The molecule has 21 heavy (non-hydrogen) atoms. The molecule has 3 N–H and O–H groups in total. The molecule has 0 amide bonds. The van der Waals surface area contributed by atoms with Gasteiger partial charge in [-0.25, -0.2) is 17.5 Å². The van der Waals surface area contributed by atoms with Crippen LogP contribution in [-0.4, -0.2) is 53.7 Å². The summed E-state index contributed by atoms with van der Waals surface area (Å²) in [5.74, 6) is -0.606. The molecule has 0 atom stereocenters. The van der Waals surface area contributed by atoms with E-state index < -0.39 is 15.8 Å². The molecule has 0 aliphatic heterocycles. The van der Waals surface area contributed by atoms with Gasteiger partial charge in [0.15, 0.2) is 0 Å². The highest BCUT2D eigenvalue weighted by Gasteiger charge is 2.19. The lowest BCUT2D eigenvalue weighted by atomic mass is 10.3. The van der Waals surface area contributed by atoms with E-state index in [-0.39, 0.29) is 21.6 Å². The summed E-state index contributed by atoms with van der Waals surface area (Å²) in [5.41, 5.74) is 5.44. The normalized spacial score (nSPS) is 12.0. The van der Waals surface area contributed by atoms with Crippen LogP contribution >= 0.6 is 15.9 Å². The molecule has 0 fully saturated rings. The van der Waals surface area contributed by atoms with Gasteiger partial charge in [-0.05, 0) is 35.1 Å². The third-order valence-corrected chi connectivity index (χ3v) is 4.93. The molecule has 0 saturated carbocycles. The molecule has 0 radical (unpaired) electrons. The van der Waals surface area contributed by atoms with Crippen molar-refractivity contribution < 1.29 is 17.5 Å². The maximum absolute atomic E-state index is 13.3. The zero-order chi connectivity index (χ0) is 16.0. The van der Waals surface area contributed by atoms with Gasteiger partial charge < -0.3 is 15.4 Å². The lowest BCUT2D eigenvalue weighted by molar-refractivity contribution is 0.162. The van der Waals surface area contributed by atoms with Crippen molar-refractivity contribution in [2.45, 2.75) is 4.90 Å². The van der Waals surface area contributed by atoms with E-state index in [1.165, 1.54) is 0 Å². The van der Waals surface area contributed by atoms with Crippen molar-refractivity contribution in [3.05, 3.63) is 22.4 Å². The second-order valence-corrected chi connectivity index (χ2v) is 7.09. The number of methoxy groups -OCH3 is 1. The number of benzene rings is 1. The summed E-state index contributed by atoms with van der Waals surface area (Å²) in [7, 11) is -0.316. The van der Waals surface area contributed by atoms with Crippen LogP contribution in [0.5, 0.6) is 0 Å². The second kappa shape index (κ2) is 8.04. The summed E-state index contributed by atoms with van der Waals surface area (Å²) in [6.07, 6.45) is 0. The fraction of sp³-hybridized carbons (Fsp3) is 0.500. The zero-order valence-corrected chi connectivity index (χ0v) is 14.3. The van der Waals surface area contributed by atoms with Crippen molar-refractivity contribution in [3.63, 3.8) is 0 Å². The van der Waals surface area contributed by atoms with Gasteiger partial charge in [-0.15, -0.1) is 0 Å². The summed E-state index contributed by atoms with van der Waals surface area (Å²) in [6, 6.07) is 2.13. The van der Waals surface area contributed by atoms with E-state index >= 15 is 0 Å².